The standard InChI is InChI=1S/C15H19FO3/c1-2-19-14(18)9-11-5-8-13(17)15(11)10-3-6-12(16)7-4-10/h3-4,6-7,11,13,15,17H,2,5,8-9H2,1H3. The first-order valence-electron chi connectivity index (χ1n) is 6.71. The van der Waals surface area contributed by atoms with Gasteiger partial charge < -0.3 is 9.84 Å². The van der Waals surface area contributed by atoms with E-state index in [0.29, 0.717) is 19.4 Å². The number of hydrogen-bond acceptors (Lipinski definition) is 3. The van der Waals surface area contributed by atoms with E-state index in [9.17, 15) is 14.3 Å². The van der Waals surface area contributed by atoms with Crippen LogP contribution in [-0.2, 0) is 9.53 Å². The van der Waals surface area contributed by atoms with Crippen LogP contribution in [0.15, 0.2) is 24.3 Å². The van der Waals surface area contributed by atoms with Gasteiger partial charge >= 0.3 is 5.97 Å². The molecule has 4 heteroatoms. The monoisotopic (exact) mass is 266 g/mol. The number of rotatable bonds is 4. The van der Waals surface area contributed by atoms with Crippen LogP contribution in [0.5, 0.6) is 0 Å². The van der Waals surface area contributed by atoms with Crippen LogP contribution in [0.1, 0.15) is 37.7 Å². The highest BCUT2D eigenvalue weighted by Crippen LogP contribution is 2.41. The van der Waals surface area contributed by atoms with Crippen molar-refractivity contribution in [1.82, 2.24) is 0 Å². The molecule has 0 amide bonds. The summed E-state index contributed by atoms with van der Waals surface area (Å²) < 4.78 is 17.9. The Morgan fingerprint density at radius 1 is 1.37 bits per heavy atom. The van der Waals surface area contributed by atoms with E-state index in [4.69, 9.17) is 4.74 Å². The summed E-state index contributed by atoms with van der Waals surface area (Å²) in [5, 5.41) is 10.1. The number of hydrogen-bond donors (Lipinski definition) is 1. The van der Waals surface area contributed by atoms with Crippen LogP contribution in [0.3, 0.4) is 0 Å². The van der Waals surface area contributed by atoms with Gasteiger partial charge in [0.15, 0.2) is 0 Å². The molecule has 1 N–H and O–H groups in total. The molecule has 0 aromatic heterocycles. The molecule has 0 spiro atoms. The second kappa shape index (κ2) is 6.15. The highest BCUT2D eigenvalue weighted by molar-refractivity contribution is 5.69. The molecule has 3 atom stereocenters. The first-order chi connectivity index (χ1) is 9.11. The van der Waals surface area contributed by atoms with E-state index in [-0.39, 0.29) is 23.6 Å². The molecule has 0 radical (unpaired) electrons. The fourth-order valence-electron chi connectivity index (χ4n) is 2.90. The van der Waals surface area contributed by atoms with Crippen molar-refractivity contribution in [2.45, 2.75) is 38.2 Å². The van der Waals surface area contributed by atoms with Gasteiger partial charge in [0, 0.05) is 12.3 Å². The number of ether oxygens (including phenoxy) is 1. The molecule has 0 saturated heterocycles. The normalized spacial score (nSPS) is 26.4. The Morgan fingerprint density at radius 3 is 2.68 bits per heavy atom. The zero-order valence-electron chi connectivity index (χ0n) is 11.0. The van der Waals surface area contributed by atoms with E-state index in [1.165, 1.54) is 12.1 Å². The van der Waals surface area contributed by atoms with E-state index < -0.39 is 6.10 Å². The lowest BCUT2D eigenvalue weighted by Gasteiger charge is -2.22. The van der Waals surface area contributed by atoms with Gasteiger partial charge in [-0.05, 0) is 43.4 Å². The Hall–Kier alpha value is -1.42. The summed E-state index contributed by atoms with van der Waals surface area (Å²) in [6.45, 7) is 2.15. The number of benzene rings is 1. The number of aliphatic hydroxyl groups is 1. The summed E-state index contributed by atoms with van der Waals surface area (Å²) in [4.78, 5) is 11.6. The van der Waals surface area contributed by atoms with Crippen molar-refractivity contribution in [2.75, 3.05) is 6.61 Å². The molecule has 0 bridgehead atoms. The zero-order valence-corrected chi connectivity index (χ0v) is 11.0. The minimum absolute atomic E-state index is 0.0690. The lowest BCUT2D eigenvalue weighted by molar-refractivity contribution is -0.144. The Labute approximate surface area is 112 Å². The summed E-state index contributed by atoms with van der Waals surface area (Å²) in [6, 6.07) is 6.16. The minimum Gasteiger partial charge on any atom is -0.466 e. The van der Waals surface area contributed by atoms with Gasteiger partial charge in [0.1, 0.15) is 5.82 Å². The molecule has 1 fully saturated rings. The molecule has 19 heavy (non-hydrogen) atoms. The van der Waals surface area contributed by atoms with Gasteiger partial charge in [-0.25, -0.2) is 4.39 Å². The molecule has 104 valence electrons. The van der Waals surface area contributed by atoms with E-state index in [1.807, 2.05) is 0 Å². The maximum atomic E-state index is 12.9. The summed E-state index contributed by atoms with van der Waals surface area (Å²) in [5.74, 6) is -0.559. The van der Waals surface area contributed by atoms with Gasteiger partial charge in [0.05, 0.1) is 12.7 Å². The Balaban J connectivity index is 2.11. The summed E-state index contributed by atoms with van der Waals surface area (Å²) in [5.41, 5.74) is 0.890. The third kappa shape index (κ3) is 3.32. The molecular formula is C15H19FO3. The summed E-state index contributed by atoms with van der Waals surface area (Å²) in [7, 11) is 0. The second-order valence-corrected chi connectivity index (χ2v) is 4.99. The number of carbonyl (C=O) groups is 1. The molecule has 1 aliphatic rings. The second-order valence-electron chi connectivity index (χ2n) is 4.99. The van der Waals surface area contributed by atoms with Crippen molar-refractivity contribution in [1.29, 1.82) is 0 Å². The molecule has 1 aromatic carbocycles. The highest BCUT2D eigenvalue weighted by atomic mass is 19.1. The van der Waals surface area contributed by atoms with Crippen molar-refractivity contribution in [3.63, 3.8) is 0 Å². The van der Waals surface area contributed by atoms with Crippen molar-refractivity contribution in [2.24, 2.45) is 5.92 Å². The number of halogens is 1. The molecule has 2 rings (SSSR count). The van der Waals surface area contributed by atoms with Crippen LogP contribution in [0, 0.1) is 11.7 Å². The average Bonchev–Trinajstić information content (AvgIpc) is 2.72. The van der Waals surface area contributed by atoms with Gasteiger partial charge in [-0.2, -0.15) is 0 Å². The van der Waals surface area contributed by atoms with Gasteiger partial charge in [-0.1, -0.05) is 12.1 Å². The number of aliphatic hydroxyl groups excluding tert-OH is 1. The molecule has 3 unspecified atom stereocenters. The number of esters is 1. The van der Waals surface area contributed by atoms with Crippen LogP contribution in [0.2, 0.25) is 0 Å². The number of carbonyl (C=O) groups excluding carboxylic acids is 1. The summed E-state index contributed by atoms with van der Waals surface area (Å²) in [6.07, 6.45) is 1.31. The predicted molar refractivity (Wildman–Crippen MR) is 69.1 cm³/mol. The van der Waals surface area contributed by atoms with E-state index in [0.717, 1.165) is 12.0 Å². The molecular weight excluding hydrogens is 247 g/mol. The van der Waals surface area contributed by atoms with Gasteiger partial charge in [0.2, 0.25) is 0 Å². The van der Waals surface area contributed by atoms with Crippen LogP contribution in [0.25, 0.3) is 0 Å². The van der Waals surface area contributed by atoms with Gasteiger partial charge in [0.25, 0.3) is 0 Å². The molecule has 1 aliphatic carbocycles. The smallest absolute Gasteiger partial charge is 0.306 e. The van der Waals surface area contributed by atoms with Crippen LogP contribution < -0.4 is 0 Å². The van der Waals surface area contributed by atoms with Crippen LogP contribution in [0.4, 0.5) is 4.39 Å². The van der Waals surface area contributed by atoms with Gasteiger partial charge in [-0.3, -0.25) is 4.79 Å². The van der Waals surface area contributed by atoms with E-state index in [1.54, 1.807) is 19.1 Å². The highest BCUT2D eigenvalue weighted by Gasteiger charge is 2.37. The Morgan fingerprint density at radius 2 is 2.05 bits per heavy atom. The molecule has 1 aromatic rings. The lowest BCUT2D eigenvalue weighted by atomic mass is 9.85. The van der Waals surface area contributed by atoms with Crippen molar-refractivity contribution in [3.05, 3.63) is 35.6 Å². The topological polar surface area (TPSA) is 46.5 Å². The quantitative estimate of drug-likeness (QED) is 0.852. The fourth-order valence-corrected chi connectivity index (χ4v) is 2.90. The third-order valence-electron chi connectivity index (χ3n) is 3.74. The molecule has 0 aliphatic heterocycles. The molecule has 0 heterocycles. The molecule has 1 saturated carbocycles. The first kappa shape index (κ1) is 14.0. The Kier molecular flexibility index (Phi) is 4.53. The van der Waals surface area contributed by atoms with E-state index >= 15 is 0 Å². The van der Waals surface area contributed by atoms with Crippen molar-refractivity contribution < 1.29 is 19.0 Å². The van der Waals surface area contributed by atoms with Crippen LogP contribution >= 0.6 is 0 Å². The van der Waals surface area contributed by atoms with Crippen LogP contribution in [-0.4, -0.2) is 23.8 Å². The zero-order chi connectivity index (χ0) is 13.8. The van der Waals surface area contributed by atoms with Crippen molar-refractivity contribution >= 4 is 5.97 Å². The minimum atomic E-state index is -0.468. The average molecular weight is 266 g/mol. The van der Waals surface area contributed by atoms with Gasteiger partial charge in [-0.15, -0.1) is 0 Å². The van der Waals surface area contributed by atoms with Crippen molar-refractivity contribution in [3.8, 4) is 0 Å². The molecule has 3 nitrogen and oxygen atoms in total. The SMILES string of the molecule is CCOC(=O)CC1CCC(O)C1c1ccc(F)cc1. The fraction of sp³-hybridized carbons (Fsp3) is 0.533. The Bertz CT molecular complexity index is 430. The maximum absolute atomic E-state index is 12.9. The largest absolute Gasteiger partial charge is 0.466 e. The first-order valence-corrected chi connectivity index (χ1v) is 6.71. The van der Waals surface area contributed by atoms with E-state index in [2.05, 4.69) is 0 Å². The maximum Gasteiger partial charge on any atom is 0.306 e. The summed E-state index contributed by atoms with van der Waals surface area (Å²) >= 11 is 0. The third-order valence-corrected chi connectivity index (χ3v) is 3.74. The predicted octanol–water partition coefficient (Wildman–Crippen LogP) is 2.63. The lowest BCUT2D eigenvalue weighted by Crippen LogP contribution is -2.20.